The van der Waals surface area contributed by atoms with Gasteiger partial charge in [0.25, 0.3) is 5.91 Å². The number of nitrogens with two attached hydrogens (primary N) is 1. The number of aryl methyl sites for hydroxylation is 1. The molecule has 0 spiro atoms. The molecular weight excluding hydrogens is 238 g/mol. The van der Waals surface area contributed by atoms with Crippen LogP contribution in [0.4, 0.5) is 11.4 Å². The van der Waals surface area contributed by atoms with Crippen LogP contribution in [0.2, 0.25) is 0 Å². The van der Waals surface area contributed by atoms with Gasteiger partial charge in [0.05, 0.1) is 23.0 Å². The normalized spacial score (nSPS) is 9.68. The number of nitriles is 1. The average Bonchev–Trinajstić information content (AvgIpc) is 2.43. The molecule has 0 aliphatic heterocycles. The van der Waals surface area contributed by atoms with Gasteiger partial charge in [0.1, 0.15) is 0 Å². The van der Waals surface area contributed by atoms with Crippen molar-refractivity contribution in [3.8, 4) is 6.07 Å². The number of hydrogen-bond acceptors (Lipinski definition) is 3. The lowest BCUT2D eigenvalue weighted by molar-refractivity contribution is 0.102. The number of anilines is 2. The lowest BCUT2D eigenvalue weighted by Gasteiger charge is -2.11. The zero-order chi connectivity index (χ0) is 13.8. The van der Waals surface area contributed by atoms with E-state index >= 15 is 0 Å². The van der Waals surface area contributed by atoms with Gasteiger partial charge in [-0.1, -0.05) is 18.2 Å². The van der Waals surface area contributed by atoms with Gasteiger partial charge in [-0.3, -0.25) is 4.79 Å². The molecule has 2 rings (SSSR count). The smallest absolute Gasteiger partial charge is 0.255 e. The second kappa shape index (κ2) is 5.23. The number of amides is 1. The van der Waals surface area contributed by atoms with E-state index in [1.54, 1.807) is 30.3 Å². The van der Waals surface area contributed by atoms with Crippen LogP contribution in [0.1, 0.15) is 21.5 Å². The van der Waals surface area contributed by atoms with E-state index in [0.29, 0.717) is 22.5 Å². The maximum absolute atomic E-state index is 12.1. The minimum absolute atomic E-state index is 0.280. The molecule has 0 bridgehead atoms. The number of para-hydroxylation sites is 1. The zero-order valence-electron chi connectivity index (χ0n) is 10.5. The van der Waals surface area contributed by atoms with Gasteiger partial charge in [0.15, 0.2) is 0 Å². The number of nitrogen functional groups attached to an aromatic ring is 1. The summed E-state index contributed by atoms with van der Waals surface area (Å²) in [6.07, 6.45) is 0. The predicted octanol–water partition coefficient (Wildman–Crippen LogP) is 2.70. The number of carbonyl (C=O) groups excluding carboxylic acids is 1. The van der Waals surface area contributed by atoms with Crippen molar-refractivity contribution in [2.75, 3.05) is 11.1 Å². The fraction of sp³-hybridized carbons (Fsp3) is 0.0667. The molecule has 0 aromatic heterocycles. The Bertz CT molecular complexity index is 651. The molecule has 2 aromatic rings. The van der Waals surface area contributed by atoms with Crippen LogP contribution in [0, 0.1) is 18.3 Å². The molecule has 0 unspecified atom stereocenters. The highest BCUT2D eigenvalue weighted by Crippen LogP contribution is 2.23. The van der Waals surface area contributed by atoms with Gasteiger partial charge in [0.2, 0.25) is 0 Å². The largest absolute Gasteiger partial charge is 0.397 e. The highest BCUT2D eigenvalue weighted by molar-refractivity contribution is 6.06. The minimum atomic E-state index is -0.280. The van der Waals surface area contributed by atoms with Crippen molar-refractivity contribution < 1.29 is 4.79 Å². The molecule has 3 N–H and O–H groups in total. The van der Waals surface area contributed by atoms with Crippen LogP contribution in [0.25, 0.3) is 0 Å². The minimum Gasteiger partial charge on any atom is -0.397 e. The molecule has 1 amide bonds. The zero-order valence-corrected chi connectivity index (χ0v) is 10.5. The first-order chi connectivity index (χ1) is 9.11. The summed E-state index contributed by atoms with van der Waals surface area (Å²) in [5, 5.41) is 11.6. The first kappa shape index (κ1) is 12.7. The van der Waals surface area contributed by atoms with Crippen LogP contribution in [-0.4, -0.2) is 5.91 Å². The molecule has 0 heterocycles. The Labute approximate surface area is 111 Å². The summed E-state index contributed by atoms with van der Waals surface area (Å²) in [5.74, 6) is -0.280. The van der Waals surface area contributed by atoms with Crippen LogP contribution in [0.5, 0.6) is 0 Å². The maximum atomic E-state index is 12.1. The fourth-order valence-electron chi connectivity index (χ4n) is 1.78. The van der Waals surface area contributed by atoms with E-state index < -0.39 is 0 Å². The van der Waals surface area contributed by atoms with Crippen molar-refractivity contribution >= 4 is 17.3 Å². The van der Waals surface area contributed by atoms with Gasteiger partial charge in [-0.05, 0) is 36.8 Å². The number of hydrogen-bond donors (Lipinski definition) is 2. The van der Waals surface area contributed by atoms with Gasteiger partial charge in [-0.15, -0.1) is 0 Å². The Kier molecular flexibility index (Phi) is 3.48. The topological polar surface area (TPSA) is 78.9 Å². The molecule has 2 aromatic carbocycles. The third kappa shape index (κ3) is 2.72. The fourth-order valence-corrected chi connectivity index (χ4v) is 1.78. The maximum Gasteiger partial charge on any atom is 0.255 e. The summed E-state index contributed by atoms with van der Waals surface area (Å²) in [4.78, 5) is 12.1. The highest BCUT2D eigenvalue weighted by atomic mass is 16.1. The number of rotatable bonds is 2. The SMILES string of the molecule is Cc1cccc(N)c1NC(=O)c1cccc(C#N)c1. The molecule has 0 radical (unpaired) electrons. The first-order valence-electron chi connectivity index (χ1n) is 5.78. The number of nitrogens with one attached hydrogen (secondary N) is 1. The Morgan fingerprint density at radius 3 is 2.68 bits per heavy atom. The van der Waals surface area contributed by atoms with Crippen LogP contribution in [0.15, 0.2) is 42.5 Å². The Hall–Kier alpha value is -2.80. The van der Waals surface area contributed by atoms with Gasteiger partial charge in [0, 0.05) is 5.56 Å². The Morgan fingerprint density at radius 1 is 1.26 bits per heavy atom. The summed E-state index contributed by atoms with van der Waals surface area (Å²) >= 11 is 0. The third-order valence-corrected chi connectivity index (χ3v) is 2.80. The second-order valence-corrected chi connectivity index (χ2v) is 4.19. The standard InChI is InChI=1S/C15H13N3O/c1-10-4-2-7-13(17)14(10)18-15(19)12-6-3-5-11(8-12)9-16/h2-8H,17H2,1H3,(H,18,19). The van der Waals surface area contributed by atoms with Gasteiger partial charge >= 0.3 is 0 Å². The second-order valence-electron chi connectivity index (χ2n) is 4.19. The summed E-state index contributed by atoms with van der Waals surface area (Å²) in [5.41, 5.74) is 8.74. The summed E-state index contributed by atoms with van der Waals surface area (Å²) < 4.78 is 0. The lowest BCUT2D eigenvalue weighted by atomic mass is 10.1. The number of benzene rings is 2. The molecule has 0 atom stereocenters. The van der Waals surface area contributed by atoms with E-state index in [0.717, 1.165) is 5.56 Å². The van der Waals surface area contributed by atoms with Crippen LogP contribution in [0.3, 0.4) is 0 Å². The van der Waals surface area contributed by atoms with E-state index in [1.807, 2.05) is 25.1 Å². The lowest BCUT2D eigenvalue weighted by Crippen LogP contribution is -2.14. The van der Waals surface area contributed by atoms with E-state index in [1.165, 1.54) is 0 Å². The van der Waals surface area contributed by atoms with Gasteiger partial charge < -0.3 is 11.1 Å². The van der Waals surface area contributed by atoms with E-state index in [-0.39, 0.29) is 5.91 Å². The third-order valence-electron chi connectivity index (χ3n) is 2.80. The molecule has 4 nitrogen and oxygen atoms in total. The summed E-state index contributed by atoms with van der Waals surface area (Å²) in [6, 6.07) is 14.0. The van der Waals surface area contributed by atoms with Crippen molar-refractivity contribution in [2.24, 2.45) is 0 Å². The van der Waals surface area contributed by atoms with Crippen molar-refractivity contribution in [1.29, 1.82) is 5.26 Å². The summed E-state index contributed by atoms with van der Waals surface area (Å²) in [7, 11) is 0. The molecule has 19 heavy (non-hydrogen) atoms. The van der Waals surface area contributed by atoms with Crippen molar-refractivity contribution in [3.05, 3.63) is 59.2 Å². The molecule has 4 heteroatoms. The Balaban J connectivity index is 2.29. The van der Waals surface area contributed by atoms with E-state index in [4.69, 9.17) is 11.0 Å². The molecule has 0 fully saturated rings. The Morgan fingerprint density at radius 2 is 2.00 bits per heavy atom. The molecule has 0 aliphatic rings. The van der Waals surface area contributed by atoms with Crippen molar-refractivity contribution in [1.82, 2.24) is 0 Å². The van der Waals surface area contributed by atoms with Crippen LogP contribution < -0.4 is 11.1 Å². The molecule has 94 valence electrons. The van der Waals surface area contributed by atoms with Crippen LogP contribution in [-0.2, 0) is 0 Å². The summed E-state index contributed by atoms with van der Waals surface area (Å²) in [6.45, 7) is 1.87. The van der Waals surface area contributed by atoms with Crippen molar-refractivity contribution in [2.45, 2.75) is 6.92 Å². The van der Waals surface area contributed by atoms with E-state index in [9.17, 15) is 4.79 Å². The number of carbonyl (C=O) groups is 1. The molecular formula is C15H13N3O. The number of nitrogens with zero attached hydrogens (tertiary/aromatic N) is 1. The average molecular weight is 251 g/mol. The molecule has 0 aliphatic carbocycles. The van der Waals surface area contributed by atoms with Crippen LogP contribution >= 0.6 is 0 Å². The van der Waals surface area contributed by atoms with Crippen molar-refractivity contribution in [3.63, 3.8) is 0 Å². The molecule has 0 saturated carbocycles. The monoisotopic (exact) mass is 251 g/mol. The predicted molar refractivity (Wildman–Crippen MR) is 74.7 cm³/mol. The first-order valence-corrected chi connectivity index (χ1v) is 5.78. The quantitative estimate of drug-likeness (QED) is 0.805. The van der Waals surface area contributed by atoms with Gasteiger partial charge in [-0.2, -0.15) is 5.26 Å². The highest BCUT2D eigenvalue weighted by Gasteiger charge is 2.10. The molecule has 0 saturated heterocycles. The van der Waals surface area contributed by atoms with Gasteiger partial charge in [-0.25, -0.2) is 0 Å². The van der Waals surface area contributed by atoms with E-state index in [2.05, 4.69) is 5.32 Å².